The van der Waals surface area contributed by atoms with Crippen LogP contribution in [0, 0.1) is 0 Å². The standard InChI is InChI=1S/C20H30BNO6S/c1-18(2,3)26-17(23)22-12-16(13-22)29(24,25)15-10-8-14(9-11-15)21-27-19(4,5)20(6,7)28-21/h8-11,16H,12-13H2,1-7H3. The van der Waals surface area contributed by atoms with E-state index in [0.29, 0.717) is 0 Å². The second kappa shape index (κ2) is 6.99. The zero-order valence-corrected chi connectivity index (χ0v) is 19.0. The second-order valence-corrected chi connectivity index (χ2v) is 11.9. The normalized spacial score (nSPS) is 21.8. The predicted octanol–water partition coefficient (Wildman–Crippen LogP) is 2.38. The van der Waals surface area contributed by atoms with Crippen LogP contribution in [0.3, 0.4) is 0 Å². The number of sulfone groups is 1. The van der Waals surface area contributed by atoms with Crippen LogP contribution in [0.1, 0.15) is 48.5 Å². The van der Waals surface area contributed by atoms with E-state index in [1.807, 2.05) is 27.7 Å². The Labute approximate surface area is 173 Å². The average Bonchev–Trinajstić information content (AvgIpc) is 2.72. The zero-order chi connectivity index (χ0) is 21.8. The molecule has 0 atom stereocenters. The van der Waals surface area contributed by atoms with Gasteiger partial charge in [-0.3, -0.25) is 0 Å². The minimum atomic E-state index is -3.53. The third-order valence-corrected chi connectivity index (χ3v) is 7.78. The fourth-order valence-corrected chi connectivity index (χ4v) is 4.75. The molecule has 0 N–H and O–H groups in total. The first kappa shape index (κ1) is 22.1. The summed E-state index contributed by atoms with van der Waals surface area (Å²) in [5.41, 5.74) is -0.754. The molecular weight excluding hydrogens is 393 g/mol. The highest BCUT2D eigenvalue weighted by Gasteiger charge is 2.51. The lowest BCUT2D eigenvalue weighted by Crippen LogP contribution is -2.57. The van der Waals surface area contributed by atoms with E-state index in [-0.39, 0.29) is 18.0 Å². The first-order valence-corrected chi connectivity index (χ1v) is 11.3. The largest absolute Gasteiger partial charge is 0.494 e. The van der Waals surface area contributed by atoms with E-state index in [1.54, 1.807) is 45.0 Å². The van der Waals surface area contributed by atoms with E-state index in [9.17, 15) is 13.2 Å². The summed E-state index contributed by atoms with van der Waals surface area (Å²) in [4.78, 5) is 13.7. The van der Waals surface area contributed by atoms with Gasteiger partial charge in [-0.25, -0.2) is 13.2 Å². The quantitative estimate of drug-likeness (QED) is 0.695. The fourth-order valence-electron chi connectivity index (χ4n) is 3.10. The fraction of sp³-hybridized carbons (Fsp3) is 0.650. The van der Waals surface area contributed by atoms with Gasteiger partial charge in [0.2, 0.25) is 0 Å². The van der Waals surface area contributed by atoms with Gasteiger partial charge in [-0.15, -0.1) is 0 Å². The topological polar surface area (TPSA) is 82.1 Å². The Balaban J connectivity index is 1.65. The van der Waals surface area contributed by atoms with E-state index in [1.165, 1.54) is 4.90 Å². The second-order valence-electron chi connectivity index (χ2n) is 9.71. The van der Waals surface area contributed by atoms with Gasteiger partial charge < -0.3 is 18.9 Å². The van der Waals surface area contributed by atoms with E-state index in [2.05, 4.69) is 0 Å². The van der Waals surface area contributed by atoms with Crippen molar-refractivity contribution in [1.82, 2.24) is 4.90 Å². The third kappa shape index (κ3) is 4.32. The Hall–Kier alpha value is -1.58. The molecular formula is C20H30BNO6S. The average molecular weight is 423 g/mol. The number of likely N-dealkylation sites (tertiary alicyclic amines) is 1. The van der Waals surface area contributed by atoms with Gasteiger partial charge in [0.1, 0.15) is 10.9 Å². The number of amides is 1. The highest BCUT2D eigenvalue weighted by Crippen LogP contribution is 2.36. The number of benzene rings is 1. The number of hydrogen-bond donors (Lipinski definition) is 0. The molecule has 7 nitrogen and oxygen atoms in total. The van der Waals surface area contributed by atoms with E-state index < -0.39 is 45.1 Å². The molecule has 160 valence electrons. The van der Waals surface area contributed by atoms with Crippen molar-refractivity contribution >= 4 is 28.5 Å². The first-order chi connectivity index (χ1) is 13.1. The Bertz CT molecular complexity index is 867. The summed E-state index contributed by atoms with van der Waals surface area (Å²) in [5, 5.41) is -0.627. The number of carbonyl (C=O) groups is 1. The van der Waals surface area contributed by atoms with Crippen LogP contribution in [-0.4, -0.2) is 61.7 Å². The molecule has 1 amide bonds. The molecule has 0 bridgehead atoms. The summed E-state index contributed by atoms with van der Waals surface area (Å²) >= 11 is 0. The Kier molecular flexibility index (Phi) is 5.33. The molecule has 1 aromatic carbocycles. The summed E-state index contributed by atoms with van der Waals surface area (Å²) in [6.45, 7) is 13.5. The third-order valence-electron chi connectivity index (χ3n) is 5.67. The molecule has 2 fully saturated rings. The monoisotopic (exact) mass is 423 g/mol. The first-order valence-electron chi connectivity index (χ1n) is 9.80. The summed E-state index contributed by atoms with van der Waals surface area (Å²) in [6, 6.07) is 6.59. The SMILES string of the molecule is CC(C)(C)OC(=O)N1CC(S(=O)(=O)c2ccc(B3OC(C)(C)C(C)(C)O3)cc2)C1. The number of hydrogen-bond acceptors (Lipinski definition) is 6. The van der Waals surface area contributed by atoms with Crippen molar-refractivity contribution < 1.29 is 27.3 Å². The van der Waals surface area contributed by atoms with Crippen molar-refractivity contribution in [3.63, 3.8) is 0 Å². The Morgan fingerprint density at radius 3 is 2.00 bits per heavy atom. The van der Waals surface area contributed by atoms with Crippen molar-refractivity contribution in [3.8, 4) is 0 Å². The molecule has 0 unspecified atom stereocenters. The van der Waals surface area contributed by atoms with Gasteiger partial charge in [0, 0.05) is 13.1 Å². The summed E-state index contributed by atoms with van der Waals surface area (Å²) in [6.07, 6.45) is -0.486. The lowest BCUT2D eigenvalue weighted by atomic mass is 9.79. The highest BCUT2D eigenvalue weighted by molar-refractivity contribution is 7.92. The smallest absolute Gasteiger partial charge is 0.444 e. The maximum Gasteiger partial charge on any atom is 0.494 e. The maximum absolute atomic E-state index is 12.9. The molecule has 0 spiro atoms. The molecule has 2 heterocycles. The molecule has 1 aromatic rings. The van der Waals surface area contributed by atoms with Gasteiger partial charge in [-0.1, -0.05) is 12.1 Å². The molecule has 9 heteroatoms. The van der Waals surface area contributed by atoms with Gasteiger partial charge in [0.15, 0.2) is 9.84 Å². The molecule has 3 rings (SSSR count). The molecule has 2 aliphatic heterocycles. The van der Waals surface area contributed by atoms with Crippen molar-refractivity contribution in [3.05, 3.63) is 24.3 Å². The number of rotatable bonds is 3. The van der Waals surface area contributed by atoms with Gasteiger partial charge in [0.25, 0.3) is 0 Å². The highest BCUT2D eigenvalue weighted by atomic mass is 32.2. The van der Waals surface area contributed by atoms with Crippen LogP contribution in [0.2, 0.25) is 0 Å². The molecule has 2 aliphatic rings. The molecule has 0 radical (unpaired) electrons. The van der Waals surface area contributed by atoms with Crippen LogP contribution in [0.15, 0.2) is 29.2 Å². The minimum absolute atomic E-state index is 0.135. The van der Waals surface area contributed by atoms with Crippen LogP contribution in [0.5, 0.6) is 0 Å². The zero-order valence-electron chi connectivity index (χ0n) is 18.2. The Morgan fingerprint density at radius 2 is 1.55 bits per heavy atom. The van der Waals surface area contributed by atoms with Crippen LogP contribution in [-0.2, 0) is 23.9 Å². The van der Waals surface area contributed by atoms with Gasteiger partial charge in [-0.05, 0) is 66.1 Å². The summed E-state index contributed by atoms with van der Waals surface area (Å²) in [7, 11) is -4.07. The van der Waals surface area contributed by atoms with Crippen LogP contribution >= 0.6 is 0 Å². The van der Waals surface area contributed by atoms with E-state index >= 15 is 0 Å². The summed E-state index contributed by atoms with van der Waals surface area (Å²) < 4.78 is 43.0. The van der Waals surface area contributed by atoms with Crippen molar-refractivity contribution in [2.45, 2.75) is 75.4 Å². The van der Waals surface area contributed by atoms with Crippen LogP contribution in [0.4, 0.5) is 4.79 Å². The molecule has 0 aliphatic carbocycles. The number of carbonyl (C=O) groups excluding carboxylic acids is 1. The van der Waals surface area contributed by atoms with Crippen molar-refractivity contribution in [2.24, 2.45) is 0 Å². The van der Waals surface area contributed by atoms with Gasteiger partial charge >= 0.3 is 13.2 Å². The van der Waals surface area contributed by atoms with Crippen molar-refractivity contribution in [2.75, 3.05) is 13.1 Å². The van der Waals surface area contributed by atoms with E-state index in [4.69, 9.17) is 14.0 Å². The van der Waals surface area contributed by atoms with Gasteiger partial charge in [-0.2, -0.15) is 0 Å². The lowest BCUT2D eigenvalue weighted by Gasteiger charge is -2.39. The Morgan fingerprint density at radius 1 is 1.07 bits per heavy atom. The lowest BCUT2D eigenvalue weighted by molar-refractivity contribution is 0.00578. The number of ether oxygens (including phenoxy) is 1. The van der Waals surface area contributed by atoms with Crippen LogP contribution < -0.4 is 5.46 Å². The van der Waals surface area contributed by atoms with Gasteiger partial charge in [0.05, 0.1) is 16.1 Å². The molecule has 29 heavy (non-hydrogen) atoms. The molecule has 0 saturated carbocycles. The minimum Gasteiger partial charge on any atom is -0.444 e. The number of nitrogens with zero attached hydrogens (tertiary/aromatic N) is 1. The van der Waals surface area contributed by atoms with Crippen LogP contribution in [0.25, 0.3) is 0 Å². The molecule has 0 aromatic heterocycles. The van der Waals surface area contributed by atoms with Crippen molar-refractivity contribution in [1.29, 1.82) is 0 Å². The molecule has 2 saturated heterocycles. The summed E-state index contributed by atoms with van der Waals surface area (Å²) in [5.74, 6) is 0. The maximum atomic E-state index is 12.9. The predicted molar refractivity (Wildman–Crippen MR) is 111 cm³/mol. The van der Waals surface area contributed by atoms with E-state index in [0.717, 1.165) is 5.46 Å².